The van der Waals surface area contributed by atoms with Crippen LogP contribution in [0.25, 0.3) is 0 Å². The van der Waals surface area contributed by atoms with Crippen LogP contribution in [-0.4, -0.2) is 37.6 Å². The van der Waals surface area contributed by atoms with Gasteiger partial charge in [0.1, 0.15) is 11.4 Å². The number of hydrogen-bond acceptors (Lipinski definition) is 4. The largest absolute Gasteiger partial charge is 0.490 e. The number of nitrogens with one attached hydrogen (secondary N) is 2. The second kappa shape index (κ2) is 5.82. The SMILES string of the molecule is CNCC1CC(Oc2ccnc(C(=O)NC)c2)C1. The van der Waals surface area contributed by atoms with E-state index < -0.39 is 0 Å². The molecule has 1 aliphatic rings. The maximum absolute atomic E-state index is 11.4. The lowest BCUT2D eigenvalue weighted by Gasteiger charge is -2.35. The first-order chi connectivity index (χ1) is 8.72. The van der Waals surface area contributed by atoms with Crippen molar-refractivity contribution in [3.05, 3.63) is 24.0 Å². The fraction of sp³-hybridized carbons (Fsp3) is 0.538. The Labute approximate surface area is 107 Å². The highest BCUT2D eigenvalue weighted by Gasteiger charge is 2.30. The fourth-order valence-electron chi connectivity index (χ4n) is 2.16. The van der Waals surface area contributed by atoms with Crippen molar-refractivity contribution in [3.63, 3.8) is 0 Å². The van der Waals surface area contributed by atoms with Crippen molar-refractivity contribution >= 4 is 5.91 Å². The van der Waals surface area contributed by atoms with Crippen molar-refractivity contribution in [1.82, 2.24) is 15.6 Å². The minimum absolute atomic E-state index is 0.192. The number of carbonyl (C=O) groups is 1. The summed E-state index contributed by atoms with van der Waals surface area (Å²) in [6, 6.07) is 3.47. The zero-order chi connectivity index (χ0) is 13.0. The predicted octanol–water partition coefficient (Wildman–Crippen LogP) is 0.818. The number of nitrogens with zero attached hydrogens (tertiary/aromatic N) is 1. The Kier molecular flexibility index (Phi) is 4.15. The van der Waals surface area contributed by atoms with Crippen LogP contribution in [0.5, 0.6) is 5.75 Å². The Morgan fingerprint density at radius 2 is 2.28 bits per heavy atom. The van der Waals surface area contributed by atoms with Crippen molar-refractivity contribution in [1.29, 1.82) is 0 Å². The van der Waals surface area contributed by atoms with Crippen molar-refractivity contribution in [2.45, 2.75) is 18.9 Å². The number of ether oxygens (including phenoxy) is 1. The van der Waals surface area contributed by atoms with Gasteiger partial charge in [-0.1, -0.05) is 0 Å². The number of pyridine rings is 1. The van der Waals surface area contributed by atoms with E-state index in [0.717, 1.165) is 25.1 Å². The lowest BCUT2D eigenvalue weighted by atomic mass is 9.82. The first kappa shape index (κ1) is 12.8. The molecule has 1 saturated carbocycles. The molecule has 5 heteroatoms. The van der Waals surface area contributed by atoms with E-state index in [1.807, 2.05) is 7.05 Å². The molecule has 0 saturated heterocycles. The van der Waals surface area contributed by atoms with Crippen molar-refractivity contribution in [2.24, 2.45) is 5.92 Å². The zero-order valence-corrected chi connectivity index (χ0v) is 10.8. The molecule has 2 rings (SSSR count). The Balaban J connectivity index is 1.89. The van der Waals surface area contributed by atoms with Gasteiger partial charge in [-0.05, 0) is 38.4 Å². The van der Waals surface area contributed by atoms with Crippen molar-refractivity contribution < 1.29 is 9.53 Å². The highest BCUT2D eigenvalue weighted by Crippen LogP contribution is 2.30. The highest BCUT2D eigenvalue weighted by molar-refractivity contribution is 5.92. The van der Waals surface area contributed by atoms with Gasteiger partial charge in [0.25, 0.3) is 5.91 Å². The summed E-state index contributed by atoms with van der Waals surface area (Å²) < 4.78 is 5.81. The Morgan fingerprint density at radius 3 is 2.94 bits per heavy atom. The number of hydrogen-bond donors (Lipinski definition) is 2. The molecule has 1 aliphatic carbocycles. The average Bonchev–Trinajstić information content (AvgIpc) is 2.36. The summed E-state index contributed by atoms with van der Waals surface area (Å²) in [5.74, 6) is 1.24. The van der Waals surface area contributed by atoms with Crippen molar-refractivity contribution in [2.75, 3.05) is 20.6 Å². The van der Waals surface area contributed by atoms with E-state index in [1.54, 1.807) is 25.4 Å². The van der Waals surface area contributed by atoms with E-state index in [4.69, 9.17) is 4.74 Å². The third-order valence-corrected chi connectivity index (χ3v) is 3.18. The summed E-state index contributed by atoms with van der Waals surface area (Å²) in [6.45, 7) is 1.04. The molecule has 2 N–H and O–H groups in total. The predicted molar refractivity (Wildman–Crippen MR) is 68.7 cm³/mol. The topological polar surface area (TPSA) is 63.2 Å². The van der Waals surface area contributed by atoms with E-state index in [9.17, 15) is 4.79 Å². The van der Waals surface area contributed by atoms with Crippen LogP contribution >= 0.6 is 0 Å². The quantitative estimate of drug-likeness (QED) is 0.811. The van der Waals surface area contributed by atoms with Gasteiger partial charge in [0, 0.05) is 19.3 Å². The zero-order valence-electron chi connectivity index (χ0n) is 10.8. The molecule has 1 heterocycles. The molecule has 0 unspecified atom stereocenters. The number of rotatable bonds is 5. The van der Waals surface area contributed by atoms with Crippen LogP contribution in [0.2, 0.25) is 0 Å². The van der Waals surface area contributed by atoms with Gasteiger partial charge in [0.15, 0.2) is 0 Å². The summed E-state index contributed by atoms with van der Waals surface area (Å²) >= 11 is 0. The van der Waals surface area contributed by atoms with Gasteiger partial charge in [0.05, 0.1) is 6.10 Å². The molecule has 1 aromatic heterocycles. The molecule has 0 bridgehead atoms. The number of carbonyl (C=O) groups excluding carboxylic acids is 1. The van der Waals surface area contributed by atoms with Gasteiger partial charge < -0.3 is 15.4 Å². The van der Waals surface area contributed by atoms with Gasteiger partial charge in [-0.2, -0.15) is 0 Å². The second-order valence-corrected chi connectivity index (χ2v) is 4.59. The lowest BCUT2D eigenvalue weighted by molar-refractivity contribution is 0.0654. The first-order valence-electron chi connectivity index (χ1n) is 6.22. The van der Waals surface area contributed by atoms with Gasteiger partial charge in [-0.3, -0.25) is 9.78 Å². The molecule has 0 atom stereocenters. The molecule has 0 radical (unpaired) electrons. The maximum atomic E-state index is 11.4. The molecular formula is C13H19N3O2. The van der Waals surface area contributed by atoms with E-state index in [2.05, 4.69) is 15.6 Å². The minimum atomic E-state index is -0.192. The summed E-state index contributed by atoms with van der Waals surface area (Å²) in [7, 11) is 3.55. The van der Waals surface area contributed by atoms with Gasteiger partial charge in [0.2, 0.25) is 0 Å². The first-order valence-corrected chi connectivity index (χ1v) is 6.22. The average molecular weight is 249 g/mol. The molecule has 1 fully saturated rings. The summed E-state index contributed by atoms with van der Waals surface area (Å²) in [6.07, 6.45) is 4.00. The molecule has 1 aromatic rings. The third kappa shape index (κ3) is 2.98. The smallest absolute Gasteiger partial charge is 0.269 e. The highest BCUT2D eigenvalue weighted by atomic mass is 16.5. The van der Waals surface area contributed by atoms with E-state index in [1.165, 1.54) is 0 Å². The van der Waals surface area contributed by atoms with Crippen LogP contribution in [0.1, 0.15) is 23.3 Å². The minimum Gasteiger partial charge on any atom is -0.490 e. The number of amides is 1. The van der Waals surface area contributed by atoms with Crippen LogP contribution in [-0.2, 0) is 0 Å². The van der Waals surface area contributed by atoms with Crippen LogP contribution in [0.15, 0.2) is 18.3 Å². The molecule has 5 nitrogen and oxygen atoms in total. The third-order valence-electron chi connectivity index (χ3n) is 3.18. The van der Waals surface area contributed by atoms with Gasteiger partial charge in [-0.15, -0.1) is 0 Å². The molecule has 18 heavy (non-hydrogen) atoms. The van der Waals surface area contributed by atoms with Crippen LogP contribution in [0.3, 0.4) is 0 Å². The van der Waals surface area contributed by atoms with Crippen molar-refractivity contribution in [3.8, 4) is 5.75 Å². The van der Waals surface area contributed by atoms with Crippen LogP contribution in [0, 0.1) is 5.92 Å². The lowest BCUT2D eigenvalue weighted by Crippen LogP contribution is -2.38. The van der Waals surface area contributed by atoms with E-state index in [0.29, 0.717) is 11.6 Å². The molecule has 98 valence electrons. The number of aromatic nitrogens is 1. The monoisotopic (exact) mass is 249 g/mol. The van der Waals surface area contributed by atoms with Crippen LogP contribution < -0.4 is 15.4 Å². The Hall–Kier alpha value is -1.62. The normalized spacial score (nSPS) is 22.1. The molecule has 0 aliphatic heterocycles. The van der Waals surface area contributed by atoms with Gasteiger partial charge >= 0.3 is 0 Å². The summed E-state index contributed by atoms with van der Waals surface area (Å²) in [5, 5.41) is 5.72. The summed E-state index contributed by atoms with van der Waals surface area (Å²) in [5.41, 5.74) is 0.390. The second-order valence-electron chi connectivity index (χ2n) is 4.59. The van der Waals surface area contributed by atoms with E-state index in [-0.39, 0.29) is 12.0 Å². The standard InChI is InChI=1S/C13H19N3O2/c1-14-8-9-5-11(6-9)18-10-3-4-16-12(7-10)13(17)15-2/h3-4,7,9,11,14H,5-6,8H2,1-2H3,(H,15,17). The Morgan fingerprint density at radius 1 is 1.50 bits per heavy atom. The van der Waals surface area contributed by atoms with Crippen LogP contribution in [0.4, 0.5) is 0 Å². The molecular weight excluding hydrogens is 230 g/mol. The molecule has 0 spiro atoms. The molecule has 1 amide bonds. The maximum Gasteiger partial charge on any atom is 0.269 e. The molecule has 0 aromatic carbocycles. The summed E-state index contributed by atoms with van der Waals surface area (Å²) in [4.78, 5) is 15.4. The van der Waals surface area contributed by atoms with Gasteiger partial charge in [-0.25, -0.2) is 0 Å². The Bertz CT molecular complexity index is 416. The fourth-order valence-corrected chi connectivity index (χ4v) is 2.16. The van der Waals surface area contributed by atoms with E-state index >= 15 is 0 Å².